The number of aliphatic hydroxyl groups excluding tert-OH is 1. The van der Waals surface area contributed by atoms with E-state index in [-0.39, 0.29) is 5.41 Å². The van der Waals surface area contributed by atoms with Crippen LogP contribution in [0.1, 0.15) is 42.5 Å². The number of rotatable bonds is 5. The lowest BCUT2D eigenvalue weighted by molar-refractivity contribution is 0.204. The van der Waals surface area contributed by atoms with E-state index in [1.54, 1.807) is 0 Å². The molecule has 17 heavy (non-hydrogen) atoms. The maximum atomic E-state index is 9.29. The molecule has 94 valence electrons. The lowest BCUT2D eigenvalue weighted by Crippen LogP contribution is -2.29. The van der Waals surface area contributed by atoms with Gasteiger partial charge in [-0.1, -0.05) is 23.8 Å². The maximum Gasteiger partial charge on any atom is 0.0499 e. The summed E-state index contributed by atoms with van der Waals surface area (Å²) in [4.78, 5) is 0. The molecule has 0 aromatic heterocycles. The molecule has 0 amide bonds. The molecule has 0 bridgehead atoms. The summed E-state index contributed by atoms with van der Waals surface area (Å²) in [6.07, 6.45) is 2.33. The number of benzene rings is 1. The van der Waals surface area contributed by atoms with Gasteiger partial charge in [-0.3, -0.25) is 0 Å². The average Bonchev–Trinajstić information content (AvgIpc) is 3.07. The summed E-state index contributed by atoms with van der Waals surface area (Å²) in [7, 11) is 0. The molecule has 2 heteroatoms. The van der Waals surface area contributed by atoms with Gasteiger partial charge in [-0.2, -0.15) is 0 Å². The molecule has 1 aliphatic carbocycles. The first-order valence-electron chi connectivity index (χ1n) is 6.48. The van der Waals surface area contributed by atoms with Crippen molar-refractivity contribution in [2.24, 2.45) is 5.41 Å². The van der Waals surface area contributed by atoms with Crippen molar-refractivity contribution in [1.29, 1.82) is 0 Å². The Hall–Kier alpha value is -0.860. The Bertz CT molecular complexity index is 396. The van der Waals surface area contributed by atoms with E-state index >= 15 is 0 Å². The van der Waals surface area contributed by atoms with Gasteiger partial charge in [0.15, 0.2) is 0 Å². The maximum absolute atomic E-state index is 9.29. The number of hydrogen-bond acceptors (Lipinski definition) is 2. The van der Waals surface area contributed by atoms with Gasteiger partial charge in [0.25, 0.3) is 0 Å². The third-order valence-electron chi connectivity index (χ3n) is 3.97. The first kappa shape index (κ1) is 12.6. The Morgan fingerprint density at radius 3 is 2.59 bits per heavy atom. The Balaban J connectivity index is 1.97. The second-order valence-corrected chi connectivity index (χ2v) is 5.62. The van der Waals surface area contributed by atoms with Crippen LogP contribution in [0.2, 0.25) is 0 Å². The lowest BCUT2D eigenvalue weighted by atomic mass is 9.99. The van der Waals surface area contributed by atoms with Gasteiger partial charge in [-0.25, -0.2) is 0 Å². The molecule has 1 aromatic rings. The van der Waals surface area contributed by atoms with Crippen molar-refractivity contribution in [2.75, 3.05) is 13.2 Å². The smallest absolute Gasteiger partial charge is 0.0499 e. The normalized spacial score (nSPS) is 19.1. The fraction of sp³-hybridized carbons (Fsp3) is 0.600. The highest BCUT2D eigenvalue weighted by Gasteiger charge is 2.41. The SMILES string of the molecule is Cc1ccc(C(C)NCC2(CO)CC2)c(C)c1. The van der Waals surface area contributed by atoms with Crippen molar-refractivity contribution >= 4 is 0 Å². The molecule has 2 rings (SSSR count). The number of aliphatic hydroxyl groups is 1. The van der Waals surface area contributed by atoms with Crippen LogP contribution < -0.4 is 5.32 Å². The number of nitrogens with one attached hydrogen (secondary N) is 1. The third-order valence-corrected chi connectivity index (χ3v) is 3.97. The minimum absolute atomic E-state index is 0.187. The van der Waals surface area contributed by atoms with Crippen LogP contribution in [0.15, 0.2) is 18.2 Å². The average molecular weight is 233 g/mol. The fourth-order valence-electron chi connectivity index (χ4n) is 2.36. The van der Waals surface area contributed by atoms with Crippen molar-refractivity contribution < 1.29 is 5.11 Å². The van der Waals surface area contributed by atoms with Crippen LogP contribution in [0, 0.1) is 19.3 Å². The lowest BCUT2D eigenvalue weighted by Gasteiger charge is -2.20. The summed E-state index contributed by atoms with van der Waals surface area (Å²) in [6, 6.07) is 6.96. The van der Waals surface area contributed by atoms with E-state index in [4.69, 9.17) is 0 Å². The van der Waals surface area contributed by atoms with Gasteiger partial charge in [0.1, 0.15) is 0 Å². The Kier molecular flexibility index (Phi) is 3.55. The summed E-state index contributed by atoms with van der Waals surface area (Å²) >= 11 is 0. The predicted octanol–water partition coefficient (Wildman–Crippen LogP) is 2.73. The predicted molar refractivity (Wildman–Crippen MR) is 71.1 cm³/mol. The van der Waals surface area contributed by atoms with E-state index in [2.05, 4.69) is 44.3 Å². The topological polar surface area (TPSA) is 32.3 Å². The minimum atomic E-state index is 0.187. The summed E-state index contributed by atoms with van der Waals surface area (Å²) in [6.45, 7) is 7.74. The Labute approximate surface area is 104 Å². The number of aryl methyl sites for hydroxylation is 2. The molecule has 0 spiro atoms. The van der Waals surface area contributed by atoms with Crippen molar-refractivity contribution in [3.63, 3.8) is 0 Å². The molecule has 0 radical (unpaired) electrons. The molecule has 1 aliphatic rings. The van der Waals surface area contributed by atoms with Gasteiger partial charge in [-0.15, -0.1) is 0 Å². The molecule has 1 fully saturated rings. The highest BCUT2D eigenvalue weighted by molar-refractivity contribution is 5.32. The van der Waals surface area contributed by atoms with Crippen LogP contribution in [-0.2, 0) is 0 Å². The molecular weight excluding hydrogens is 210 g/mol. The minimum Gasteiger partial charge on any atom is -0.396 e. The largest absolute Gasteiger partial charge is 0.396 e. The zero-order valence-electron chi connectivity index (χ0n) is 11.1. The van der Waals surface area contributed by atoms with E-state index < -0.39 is 0 Å². The molecule has 1 atom stereocenters. The molecule has 1 saturated carbocycles. The van der Waals surface area contributed by atoms with E-state index in [1.807, 2.05) is 0 Å². The van der Waals surface area contributed by atoms with Crippen LogP contribution in [0.5, 0.6) is 0 Å². The summed E-state index contributed by atoms with van der Waals surface area (Å²) in [5.74, 6) is 0. The third kappa shape index (κ3) is 2.88. The summed E-state index contributed by atoms with van der Waals surface area (Å²) < 4.78 is 0. The molecule has 0 heterocycles. The molecule has 1 aromatic carbocycles. The van der Waals surface area contributed by atoms with Gasteiger partial charge >= 0.3 is 0 Å². The van der Waals surface area contributed by atoms with E-state index in [1.165, 1.54) is 16.7 Å². The molecule has 0 aliphatic heterocycles. The van der Waals surface area contributed by atoms with Gasteiger partial charge in [0, 0.05) is 24.6 Å². The van der Waals surface area contributed by atoms with Crippen LogP contribution in [0.4, 0.5) is 0 Å². The Morgan fingerprint density at radius 2 is 2.06 bits per heavy atom. The number of hydrogen-bond donors (Lipinski definition) is 2. The zero-order valence-corrected chi connectivity index (χ0v) is 11.1. The van der Waals surface area contributed by atoms with E-state index in [9.17, 15) is 5.11 Å². The van der Waals surface area contributed by atoms with E-state index in [0.717, 1.165) is 19.4 Å². The van der Waals surface area contributed by atoms with Gasteiger partial charge in [-0.05, 0) is 44.7 Å². The van der Waals surface area contributed by atoms with Crippen LogP contribution >= 0.6 is 0 Å². The summed E-state index contributed by atoms with van der Waals surface area (Å²) in [5.41, 5.74) is 4.21. The second-order valence-electron chi connectivity index (χ2n) is 5.62. The molecule has 1 unspecified atom stereocenters. The van der Waals surface area contributed by atoms with Gasteiger partial charge in [0.2, 0.25) is 0 Å². The highest BCUT2D eigenvalue weighted by Crippen LogP contribution is 2.44. The fourth-order valence-corrected chi connectivity index (χ4v) is 2.36. The van der Waals surface area contributed by atoms with Crippen LogP contribution in [-0.4, -0.2) is 18.3 Å². The molecule has 0 saturated heterocycles. The zero-order chi connectivity index (χ0) is 12.5. The van der Waals surface area contributed by atoms with E-state index in [0.29, 0.717) is 12.6 Å². The van der Waals surface area contributed by atoms with Crippen LogP contribution in [0.25, 0.3) is 0 Å². The Morgan fingerprint density at radius 1 is 1.35 bits per heavy atom. The standard InChI is InChI=1S/C15H23NO/c1-11-4-5-14(12(2)8-11)13(3)16-9-15(10-17)6-7-15/h4-5,8,13,16-17H,6-7,9-10H2,1-3H3. The highest BCUT2D eigenvalue weighted by atomic mass is 16.3. The van der Waals surface area contributed by atoms with Crippen molar-refractivity contribution in [3.05, 3.63) is 34.9 Å². The quantitative estimate of drug-likeness (QED) is 0.819. The first-order chi connectivity index (χ1) is 8.06. The van der Waals surface area contributed by atoms with Crippen molar-refractivity contribution in [3.8, 4) is 0 Å². The molecular formula is C15H23NO. The monoisotopic (exact) mass is 233 g/mol. The van der Waals surface area contributed by atoms with Gasteiger partial charge < -0.3 is 10.4 Å². The summed E-state index contributed by atoms with van der Waals surface area (Å²) in [5, 5.41) is 12.8. The van der Waals surface area contributed by atoms with Crippen molar-refractivity contribution in [1.82, 2.24) is 5.32 Å². The molecule has 2 N–H and O–H groups in total. The van der Waals surface area contributed by atoms with Crippen molar-refractivity contribution in [2.45, 2.75) is 39.7 Å². The first-order valence-corrected chi connectivity index (χ1v) is 6.48. The van der Waals surface area contributed by atoms with Crippen LogP contribution in [0.3, 0.4) is 0 Å². The molecule has 2 nitrogen and oxygen atoms in total. The van der Waals surface area contributed by atoms with Gasteiger partial charge in [0.05, 0.1) is 0 Å². The second kappa shape index (κ2) is 4.79.